The van der Waals surface area contributed by atoms with Gasteiger partial charge in [0.05, 0.1) is 5.92 Å². The van der Waals surface area contributed by atoms with Crippen molar-refractivity contribution in [2.24, 2.45) is 11.8 Å². The number of nitrogens with one attached hydrogen (secondary N) is 2. The van der Waals surface area contributed by atoms with Crippen molar-refractivity contribution in [3.63, 3.8) is 0 Å². The first kappa shape index (κ1) is 23.5. The van der Waals surface area contributed by atoms with Gasteiger partial charge in [-0.2, -0.15) is 0 Å². The monoisotopic (exact) mass is 462 g/mol. The molecule has 0 aliphatic heterocycles. The third-order valence-corrected chi connectivity index (χ3v) is 6.54. The van der Waals surface area contributed by atoms with Crippen molar-refractivity contribution in [3.05, 3.63) is 72.3 Å². The molecule has 2 aromatic carbocycles. The van der Waals surface area contributed by atoms with Gasteiger partial charge in [-0.05, 0) is 41.0 Å². The average molecular weight is 463 g/mol. The van der Waals surface area contributed by atoms with Crippen molar-refractivity contribution in [2.45, 2.75) is 37.6 Å². The Labute approximate surface area is 199 Å². The maximum absolute atomic E-state index is 12.7. The Morgan fingerprint density at radius 1 is 1.06 bits per heavy atom. The van der Waals surface area contributed by atoms with Gasteiger partial charge in [0.25, 0.3) is 0 Å². The molecule has 7 heteroatoms. The molecule has 2 amide bonds. The Morgan fingerprint density at radius 2 is 1.68 bits per heavy atom. The number of carboxylic acids is 1. The van der Waals surface area contributed by atoms with Crippen LogP contribution in [0.1, 0.15) is 42.7 Å². The summed E-state index contributed by atoms with van der Waals surface area (Å²) in [5.74, 6) is -1.61. The number of carbonyl (C=O) groups is 3. The second-order valence-corrected chi connectivity index (χ2v) is 9.01. The number of carboxylic acid groups (broad SMARTS) is 1. The van der Waals surface area contributed by atoms with Gasteiger partial charge in [-0.1, -0.05) is 67.4 Å². The summed E-state index contributed by atoms with van der Waals surface area (Å²) in [6, 6.07) is 15.2. The van der Waals surface area contributed by atoms with E-state index in [-0.39, 0.29) is 31.4 Å². The van der Waals surface area contributed by atoms with E-state index in [0.717, 1.165) is 35.1 Å². The van der Waals surface area contributed by atoms with E-state index < -0.39 is 24.0 Å². The van der Waals surface area contributed by atoms with Crippen molar-refractivity contribution in [1.82, 2.24) is 10.6 Å². The third-order valence-electron chi connectivity index (χ3n) is 6.54. The van der Waals surface area contributed by atoms with Crippen molar-refractivity contribution < 1.29 is 24.2 Å². The highest BCUT2D eigenvalue weighted by atomic mass is 16.5. The lowest BCUT2D eigenvalue weighted by atomic mass is 9.98. The zero-order valence-corrected chi connectivity index (χ0v) is 19.0. The number of amides is 2. The fourth-order valence-corrected chi connectivity index (χ4v) is 4.57. The van der Waals surface area contributed by atoms with Crippen LogP contribution >= 0.6 is 0 Å². The van der Waals surface area contributed by atoms with Crippen LogP contribution < -0.4 is 10.6 Å². The molecule has 1 saturated carbocycles. The highest BCUT2D eigenvalue weighted by molar-refractivity contribution is 5.85. The van der Waals surface area contributed by atoms with Crippen LogP contribution in [-0.2, 0) is 14.3 Å². The smallest absolute Gasteiger partial charge is 0.407 e. The number of ether oxygens (including phenoxy) is 1. The van der Waals surface area contributed by atoms with Gasteiger partial charge in [-0.25, -0.2) is 9.59 Å². The van der Waals surface area contributed by atoms with Crippen LogP contribution in [0.2, 0.25) is 0 Å². The molecule has 2 atom stereocenters. The molecular weight excluding hydrogens is 432 g/mol. The van der Waals surface area contributed by atoms with E-state index in [1.807, 2.05) is 24.3 Å². The van der Waals surface area contributed by atoms with Crippen LogP contribution in [0.3, 0.4) is 0 Å². The Kier molecular flexibility index (Phi) is 7.30. The van der Waals surface area contributed by atoms with E-state index in [9.17, 15) is 19.5 Å². The zero-order valence-electron chi connectivity index (χ0n) is 19.0. The molecule has 34 heavy (non-hydrogen) atoms. The molecule has 1 fully saturated rings. The molecule has 2 aromatic rings. The first-order chi connectivity index (χ1) is 16.5. The standard InChI is InChI=1S/C27H30N2O5/c1-2-7-24(26(31)32)29-25(30)18(14-17-12-13-17)15-28-27(33)34-16-23-21-10-5-3-8-19(21)20-9-4-6-11-22(20)23/h2-6,8-11,17-18,23-24H,1,7,12-16H2,(H,28,33)(H,29,30)(H,31,32). The topological polar surface area (TPSA) is 105 Å². The number of rotatable bonds is 11. The minimum atomic E-state index is -1.11. The van der Waals surface area contributed by atoms with E-state index in [0.29, 0.717) is 12.3 Å². The van der Waals surface area contributed by atoms with Crippen molar-refractivity contribution >= 4 is 18.0 Å². The van der Waals surface area contributed by atoms with E-state index >= 15 is 0 Å². The number of benzene rings is 2. The highest BCUT2D eigenvalue weighted by Crippen LogP contribution is 2.44. The van der Waals surface area contributed by atoms with Gasteiger partial charge in [0, 0.05) is 12.5 Å². The molecule has 0 radical (unpaired) electrons. The highest BCUT2D eigenvalue weighted by Gasteiger charge is 2.32. The molecule has 0 bridgehead atoms. The summed E-state index contributed by atoms with van der Waals surface area (Å²) in [7, 11) is 0. The molecule has 3 N–H and O–H groups in total. The lowest BCUT2D eigenvalue weighted by Crippen LogP contribution is -2.46. The van der Waals surface area contributed by atoms with Gasteiger partial charge in [0.15, 0.2) is 0 Å². The van der Waals surface area contributed by atoms with Crippen molar-refractivity contribution in [2.75, 3.05) is 13.2 Å². The minimum absolute atomic E-state index is 0.0427. The van der Waals surface area contributed by atoms with E-state index in [1.54, 1.807) is 0 Å². The third kappa shape index (κ3) is 5.47. The maximum atomic E-state index is 12.7. The Balaban J connectivity index is 1.34. The molecule has 4 rings (SSSR count). The summed E-state index contributed by atoms with van der Waals surface area (Å²) in [5.41, 5.74) is 4.57. The van der Waals surface area contributed by atoms with Crippen LogP contribution in [0.15, 0.2) is 61.2 Å². The lowest BCUT2D eigenvalue weighted by Gasteiger charge is -2.20. The SMILES string of the molecule is C=CCC(NC(=O)C(CNC(=O)OCC1c2ccccc2-c2ccccc21)CC1CC1)C(=O)O. The summed E-state index contributed by atoms with van der Waals surface area (Å²) in [6.45, 7) is 3.84. The van der Waals surface area contributed by atoms with Crippen LogP contribution in [0, 0.1) is 11.8 Å². The van der Waals surface area contributed by atoms with Crippen molar-refractivity contribution in [3.8, 4) is 11.1 Å². The van der Waals surface area contributed by atoms with Crippen LogP contribution in [0.25, 0.3) is 11.1 Å². The molecule has 2 aliphatic rings. The number of carbonyl (C=O) groups excluding carboxylic acids is 2. The predicted octanol–water partition coefficient (Wildman–Crippen LogP) is 4.09. The molecule has 0 saturated heterocycles. The zero-order chi connectivity index (χ0) is 24.1. The van der Waals surface area contributed by atoms with Gasteiger partial charge in [-0.3, -0.25) is 4.79 Å². The minimum Gasteiger partial charge on any atom is -0.480 e. The Bertz CT molecular complexity index is 1030. The first-order valence-electron chi connectivity index (χ1n) is 11.7. The average Bonchev–Trinajstić information content (AvgIpc) is 3.60. The number of fused-ring (bicyclic) bond motifs is 3. The molecule has 0 spiro atoms. The molecule has 178 valence electrons. The van der Waals surface area contributed by atoms with Crippen LogP contribution in [0.5, 0.6) is 0 Å². The molecule has 2 unspecified atom stereocenters. The molecule has 2 aliphatic carbocycles. The van der Waals surface area contributed by atoms with Crippen molar-refractivity contribution in [1.29, 1.82) is 0 Å². The molecule has 0 aromatic heterocycles. The quantitative estimate of drug-likeness (QED) is 0.437. The number of hydrogen-bond donors (Lipinski definition) is 3. The fourth-order valence-electron chi connectivity index (χ4n) is 4.57. The van der Waals surface area contributed by atoms with E-state index in [1.165, 1.54) is 6.08 Å². The van der Waals surface area contributed by atoms with Crippen LogP contribution in [0.4, 0.5) is 4.79 Å². The van der Waals surface area contributed by atoms with Crippen LogP contribution in [-0.4, -0.2) is 42.3 Å². The summed E-state index contributed by atoms with van der Waals surface area (Å²) in [4.78, 5) is 36.6. The summed E-state index contributed by atoms with van der Waals surface area (Å²) in [5, 5.41) is 14.6. The largest absolute Gasteiger partial charge is 0.480 e. The number of aliphatic carboxylic acids is 1. The second-order valence-electron chi connectivity index (χ2n) is 9.01. The lowest BCUT2D eigenvalue weighted by molar-refractivity contribution is -0.142. The van der Waals surface area contributed by atoms with Gasteiger partial charge < -0.3 is 20.5 Å². The van der Waals surface area contributed by atoms with Gasteiger partial charge in [0.2, 0.25) is 5.91 Å². The first-order valence-corrected chi connectivity index (χ1v) is 11.7. The molecule has 0 heterocycles. The van der Waals surface area contributed by atoms with Gasteiger partial charge in [0.1, 0.15) is 12.6 Å². The molecular formula is C27H30N2O5. The Morgan fingerprint density at radius 3 is 2.24 bits per heavy atom. The summed E-state index contributed by atoms with van der Waals surface area (Å²) >= 11 is 0. The molecule has 7 nitrogen and oxygen atoms in total. The Hall–Kier alpha value is -3.61. The van der Waals surface area contributed by atoms with Gasteiger partial charge >= 0.3 is 12.1 Å². The second kappa shape index (κ2) is 10.5. The van der Waals surface area contributed by atoms with E-state index in [2.05, 4.69) is 41.5 Å². The maximum Gasteiger partial charge on any atom is 0.407 e. The fraction of sp³-hybridized carbons (Fsp3) is 0.370. The summed E-state index contributed by atoms with van der Waals surface area (Å²) in [6.07, 6.45) is 3.71. The van der Waals surface area contributed by atoms with Gasteiger partial charge in [-0.15, -0.1) is 6.58 Å². The normalized spacial score (nSPS) is 16.0. The number of alkyl carbamates (subject to hydrolysis) is 1. The predicted molar refractivity (Wildman–Crippen MR) is 128 cm³/mol. The number of hydrogen-bond acceptors (Lipinski definition) is 4. The van der Waals surface area contributed by atoms with E-state index in [4.69, 9.17) is 4.74 Å². The summed E-state index contributed by atoms with van der Waals surface area (Å²) < 4.78 is 5.56.